The fourth-order valence-corrected chi connectivity index (χ4v) is 2.90. The summed E-state index contributed by atoms with van der Waals surface area (Å²) in [5.74, 6) is 0.766. The highest BCUT2D eigenvalue weighted by atomic mass is 16.5. The fourth-order valence-electron chi connectivity index (χ4n) is 2.90. The Labute approximate surface area is 194 Å². The monoisotopic (exact) mass is 456 g/mol. The molecule has 1 aromatic heterocycles. The van der Waals surface area contributed by atoms with Gasteiger partial charge >= 0.3 is 5.63 Å². The summed E-state index contributed by atoms with van der Waals surface area (Å²) < 4.78 is 14.8. The molecule has 0 atom stereocenters. The molecular formula is C25H32N2O6. The Bertz CT molecular complexity index is 1060. The Morgan fingerprint density at radius 2 is 1.64 bits per heavy atom. The van der Waals surface area contributed by atoms with Crippen molar-refractivity contribution >= 4 is 40.6 Å². The summed E-state index contributed by atoms with van der Waals surface area (Å²) in [4.78, 5) is 32.9. The van der Waals surface area contributed by atoms with E-state index in [4.69, 9.17) is 9.15 Å². The zero-order valence-corrected chi connectivity index (χ0v) is 19.8. The first kappa shape index (κ1) is 27.4. The molecule has 3 aromatic rings. The van der Waals surface area contributed by atoms with Crippen LogP contribution in [0.1, 0.15) is 19.3 Å². The second kappa shape index (κ2) is 15.2. The van der Waals surface area contributed by atoms with E-state index in [0.29, 0.717) is 24.8 Å². The van der Waals surface area contributed by atoms with Crippen LogP contribution < -0.4 is 20.6 Å². The summed E-state index contributed by atoms with van der Waals surface area (Å²) in [5, 5.41) is 4.00. The molecule has 1 N–H and O–H groups in total. The van der Waals surface area contributed by atoms with E-state index in [-0.39, 0.29) is 5.63 Å². The van der Waals surface area contributed by atoms with E-state index in [0.717, 1.165) is 40.8 Å². The molecule has 0 unspecified atom stereocenters. The third-order valence-corrected chi connectivity index (χ3v) is 4.47. The molecule has 0 radical (unpaired) electrons. The van der Waals surface area contributed by atoms with Gasteiger partial charge in [0.1, 0.15) is 23.9 Å². The molecule has 0 fully saturated rings. The Morgan fingerprint density at radius 3 is 2.21 bits per heavy atom. The average Bonchev–Trinajstić information content (AvgIpc) is 2.83. The number of unbranched alkanes of at least 4 members (excludes halogenated alkanes) is 2. The molecule has 8 heteroatoms. The minimum absolute atomic E-state index is 0.368. The molecule has 0 saturated heterocycles. The molecule has 2 aromatic carbocycles. The highest BCUT2D eigenvalue weighted by molar-refractivity contribution is 5.92. The van der Waals surface area contributed by atoms with E-state index in [1.165, 1.54) is 6.07 Å². The summed E-state index contributed by atoms with van der Waals surface area (Å²) in [6, 6.07) is 14.8. The van der Waals surface area contributed by atoms with Gasteiger partial charge in [-0.2, -0.15) is 0 Å². The lowest BCUT2D eigenvalue weighted by Crippen LogP contribution is -2.13. The van der Waals surface area contributed by atoms with Gasteiger partial charge in [0.05, 0.1) is 18.5 Å². The van der Waals surface area contributed by atoms with Crippen molar-refractivity contribution in [3.05, 3.63) is 59.0 Å². The summed E-state index contributed by atoms with van der Waals surface area (Å²) in [7, 11) is 8.64. The van der Waals surface area contributed by atoms with Crippen LogP contribution in [0.2, 0.25) is 0 Å². The average molecular weight is 457 g/mol. The van der Waals surface area contributed by atoms with Crippen LogP contribution in [0.4, 0.5) is 17.1 Å². The minimum Gasteiger partial charge on any atom is -0.495 e. The summed E-state index contributed by atoms with van der Waals surface area (Å²) in [6.45, 7) is 0. The smallest absolute Gasteiger partial charge is 0.338 e. The topological polar surface area (TPSA) is 98.1 Å². The zero-order valence-electron chi connectivity index (χ0n) is 19.8. The maximum Gasteiger partial charge on any atom is 0.338 e. The van der Waals surface area contributed by atoms with Gasteiger partial charge in [-0.3, -0.25) is 0 Å². The number of anilines is 3. The molecule has 0 spiro atoms. The van der Waals surface area contributed by atoms with Crippen molar-refractivity contribution in [3.63, 3.8) is 0 Å². The van der Waals surface area contributed by atoms with Gasteiger partial charge in [-0.05, 0) is 36.8 Å². The quantitative estimate of drug-likeness (QED) is 0.302. The van der Waals surface area contributed by atoms with Crippen molar-refractivity contribution in [1.29, 1.82) is 0 Å². The molecule has 0 aliphatic carbocycles. The summed E-state index contributed by atoms with van der Waals surface area (Å²) >= 11 is 0. The van der Waals surface area contributed by atoms with E-state index < -0.39 is 0 Å². The number of rotatable bonds is 8. The first-order valence-corrected chi connectivity index (χ1v) is 10.4. The molecule has 0 aliphatic heterocycles. The van der Waals surface area contributed by atoms with Crippen molar-refractivity contribution in [2.24, 2.45) is 0 Å². The highest BCUT2D eigenvalue weighted by Gasteiger charge is 2.13. The van der Waals surface area contributed by atoms with Crippen molar-refractivity contribution in [3.8, 4) is 5.75 Å². The highest BCUT2D eigenvalue weighted by Crippen LogP contribution is 2.34. The molecule has 0 saturated carbocycles. The Hall–Kier alpha value is -3.65. The molecule has 0 amide bonds. The van der Waals surface area contributed by atoms with E-state index in [9.17, 15) is 14.4 Å². The van der Waals surface area contributed by atoms with Crippen molar-refractivity contribution in [2.45, 2.75) is 19.3 Å². The van der Waals surface area contributed by atoms with E-state index >= 15 is 0 Å². The Balaban J connectivity index is 0.000000462. The van der Waals surface area contributed by atoms with Crippen LogP contribution in [0, 0.1) is 0 Å². The van der Waals surface area contributed by atoms with Gasteiger partial charge in [-0.25, -0.2) is 4.79 Å². The second-order valence-electron chi connectivity index (χ2n) is 6.81. The van der Waals surface area contributed by atoms with Gasteiger partial charge in [0.15, 0.2) is 0 Å². The lowest BCUT2D eigenvalue weighted by atomic mass is 10.1. The van der Waals surface area contributed by atoms with Crippen LogP contribution in [0.25, 0.3) is 11.0 Å². The number of hydrogen-bond donors (Lipinski definition) is 1. The van der Waals surface area contributed by atoms with Gasteiger partial charge in [0.25, 0.3) is 0 Å². The van der Waals surface area contributed by atoms with Crippen LogP contribution in [0.5, 0.6) is 5.75 Å². The third-order valence-electron chi connectivity index (χ3n) is 4.47. The second-order valence-corrected chi connectivity index (χ2v) is 6.81. The first-order chi connectivity index (χ1) is 16.0. The van der Waals surface area contributed by atoms with Gasteiger partial charge in [0.2, 0.25) is 0 Å². The molecule has 0 bridgehead atoms. The van der Waals surface area contributed by atoms with Crippen LogP contribution in [0.15, 0.2) is 57.7 Å². The lowest BCUT2D eigenvalue weighted by Gasteiger charge is -2.22. The fraction of sp³-hybridized carbons (Fsp3) is 0.320. The Kier molecular flexibility index (Phi) is 12.6. The van der Waals surface area contributed by atoms with E-state index in [1.807, 2.05) is 55.4 Å². The number of methoxy groups -OCH3 is 2. The maximum absolute atomic E-state index is 11.8. The van der Waals surface area contributed by atoms with E-state index in [2.05, 4.69) is 10.1 Å². The number of carbonyl (C=O) groups excluding carboxylic acids is 2. The van der Waals surface area contributed by atoms with Crippen molar-refractivity contribution in [2.75, 3.05) is 45.6 Å². The molecule has 33 heavy (non-hydrogen) atoms. The van der Waals surface area contributed by atoms with Crippen LogP contribution in [-0.2, 0) is 14.3 Å². The minimum atomic E-state index is -0.368. The van der Waals surface area contributed by atoms with Crippen LogP contribution in [0.3, 0.4) is 0 Å². The number of nitrogens with zero attached hydrogens (tertiary/aromatic N) is 1. The predicted octanol–water partition coefficient (Wildman–Crippen LogP) is 4.43. The largest absolute Gasteiger partial charge is 0.495 e. The number of aldehydes is 2. The predicted molar refractivity (Wildman–Crippen MR) is 132 cm³/mol. The number of benzene rings is 2. The number of fused-ring (bicyclic) bond motifs is 1. The summed E-state index contributed by atoms with van der Waals surface area (Å²) in [6.07, 6.45) is 3.37. The van der Waals surface area contributed by atoms with Crippen LogP contribution >= 0.6 is 0 Å². The van der Waals surface area contributed by atoms with Gasteiger partial charge in [-0.15, -0.1) is 0 Å². The van der Waals surface area contributed by atoms with Crippen LogP contribution in [-0.4, -0.2) is 48.0 Å². The SMILES string of the molecule is CNc1cc(N(C)c2cc(=O)oc3ccccc23)ccc1OC.COC.O=CCCCC=O. The van der Waals surface area contributed by atoms with E-state index in [1.54, 1.807) is 27.4 Å². The normalized spacial score (nSPS) is 9.61. The summed E-state index contributed by atoms with van der Waals surface area (Å²) in [5.41, 5.74) is 2.82. The van der Waals surface area contributed by atoms with Gasteiger partial charge < -0.3 is 33.7 Å². The maximum atomic E-state index is 11.8. The van der Waals surface area contributed by atoms with Gasteiger partial charge in [-0.1, -0.05) is 12.1 Å². The first-order valence-electron chi connectivity index (χ1n) is 10.4. The third kappa shape index (κ3) is 8.42. The molecule has 0 aliphatic rings. The zero-order chi connectivity index (χ0) is 24.6. The number of ether oxygens (including phenoxy) is 2. The lowest BCUT2D eigenvalue weighted by molar-refractivity contribution is -0.108. The number of nitrogens with one attached hydrogen (secondary N) is 1. The molecule has 8 nitrogen and oxygen atoms in total. The standard InChI is InChI=1S/C18H18N2O3.C5H8O2.C2H6O/c1-19-14-10-12(8-9-17(14)22-3)20(2)15-11-18(21)23-16-7-5-4-6-13(15)16;6-4-2-1-3-5-7;1-3-2/h4-11,19H,1-3H3;4-5H,1-3H2;1-2H3. The molecule has 3 rings (SSSR count). The number of hydrogen-bond acceptors (Lipinski definition) is 8. The molecule has 178 valence electrons. The van der Waals surface area contributed by atoms with Crippen molar-refractivity contribution < 1.29 is 23.5 Å². The van der Waals surface area contributed by atoms with Crippen molar-refractivity contribution in [1.82, 2.24) is 0 Å². The molecule has 1 heterocycles. The molecular weight excluding hydrogens is 424 g/mol. The number of carbonyl (C=O) groups is 2. The van der Waals surface area contributed by atoms with Gasteiger partial charge in [0, 0.05) is 58.3 Å². The Morgan fingerprint density at radius 1 is 1.00 bits per heavy atom. The number of para-hydroxylation sites is 1.